The van der Waals surface area contributed by atoms with Crippen LogP contribution in [0.25, 0.3) is 16.1 Å². The molecule has 0 saturated heterocycles. The molecule has 0 atom stereocenters. The summed E-state index contributed by atoms with van der Waals surface area (Å²) in [5.74, 6) is 0. The molecule has 0 fully saturated rings. The first-order chi connectivity index (χ1) is 9.80. The average molecular weight is 255 g/mol. The van der Waals surface area contributed by atoms with E-state index in [4.69, 9.17) is 17.1 Å². The fraction of sp³-hybridized carbons (Fsp3) is 0. The second kappa shape index (κ2) is 4.31. The zero-order valence-electron chi connectivity index (χ0n) is 10.1. The van der Waals surface area contributed by atoms with E-state index in [1.165, 1.54) is 0 Å². The first-order valence-electron chi connectivity index (χ1n) is 5.70. The number of nitriles is 2. The van der Waals surface area contributed by atoms with Gasteiger partial charge in [-0.2, -0.15) is 17.1 Å². The Morgan fingerprint density at radius 1 is 1.10 bits per heavy atom. The van der Waals surface area contributed by atoms with Crippen molar-refractivity contribution in [1.82, 2.24) is 4.98 Å². The monoisotopic (exact) mass is 255 g/mol. The third-order valence-electron chi connectivity index (χ3n) is 3.10. The van der Waals surface area contributed by atoms with Crippen LogP contribution in [-0.4, -0.2) is 10.7 Å². The Morgan fingerprint density at radius 3 is 2.50 bits per heavy atom. The fourth-order valence-corrected chi connectivity index (χ4v) is 2.27. The van der Waals surface area contributed by atoms with Crippen molar-refractivity contribution in [1.29, 1.82) is 10.5 Å². The van der Waals surface area contributed by atoms with E-state index in [-0.39, 0.29) is 11.3 Å². The third-order valence-corrected chi connectivity index (χ3v) is 3.10. The van der Waals surface area contributed by atoms with Crippen molar-refractivity contribution < 1.29 is 0 Å². The summed E-state index contributed by atoms with van der Waals surface area (Å²) >= 11 is 0. The standard InChI is InChI=1S/C15H5N5/c1-18-20-15-11-5-3-2-4-10(11)12-6-9(7-16)13(8-17)19-14(12)15/h2-6H. The van der Waals surface area contributed by atoms with E-state index in [0.717, 1.165) is 16.7 Å². The molecule has 20 heavy (non-hydrogen) atoms. The highest BCUT2D eigenvalue weighted by molar-refractivity contribution is 6.23. The van der Waals surface area contributed by atoms with Gasteiger partial charge in [-0.05, 0) is 11.6 Å². The van der Waals surface area contributed by atoms with Gasteiger partial charge in [-0.25, -0.2) is 4.98 Å². The summed E-state index contributed by atoms with van der Waals surface area (Å²) in [6.45, 7) is 6.92. The van der Waals surface area contributed by atoms with Gasteiger partial charge in [-0.1, -0.05) is 24.3 Å². The number of benzene rings is 1. The summed E-state index contributed by atoms with van der Waals surface area (Å²) in [4.78, 5) is 7.26. The van der Waals surface area contributed by atoms with Gasteiger partial charge in [0.25, 0.3) is 0 Å². The lowest BCUT2D eigenvalue weighted by Crippen LogP contribution is -2.02. The highest BCUT2D eigenvalue weighted by atomic mass is 15.2. The minimum atomic E-state index is 0.0525. The molecule has 0 saturated carbocycles. The number of nitrogens with zero attached hydrogens (tertiary/aromatic N) is 5. The van der Waals surface area contributed by atoms with Gasteiger partial charge in [0.15, 0.2) is 11.4 Å². The van der Waals surface area contributed by atoms with Gasteiger partial charge in [0.2, 0.25) is 0 Å². The van der Waals surface area contributed by atoms with Crippen molar-refractivity contribution in [3.8, 4) is 23.3 Å². The van der Waals surface area contributed by atoms with E-state index < -0.39 is 0 Å². The lowest BCUT2D eigenvalue weighted by molar-refractivity contribution is 1.23. The molecule has 5 heteroatoms. The van der Waals surface area contributed by atoms with Gasteiger partial charge >= 0.3 is 0 Å². The number of pyridine rings is 1. The van der Waals surface area contributed by atoms with Crippen molar-refractivity contribution in [2.75, 3.05) is 0 Å². The summed E-state index contributed by atoms with van der Waals surface area (Å²) in [6, 6.07) is 12.9. The van der Waals surface area contributed by atoms with E-state index in [1.54, 1.807) is 6.07 Å². The van der Waals surface area contributed by atoms with Crippen LogP contribution >= 0.6 is 0 Å². The third kappa shape index (κ3) is 1.47. The molecular weight excluding hydrogens is 250 g/mol. The van der Waals surface area contributed by atoms with E-state index in [2.05, 4.69) is 15.0 Å². The summed E-state index contributed by atoms with van der Waals surface area (Å²) in [7, 11) is 0. The second-order valence-corrected chi connectivity index (χ2v) is 4.10. The van der Waals surface area contributed by atoms with Crippen LogP contribution in [0.1, 0.15) is 22.5 Å². The Kier molecular flexibility index (Phi) is 2.50. The maximum atomic E-state index is 9.08. The van der Waals surface area contributed by atoms with Gasteiger partial charge in [-0.15, -0.1) is 4.95 Å². The Hall–Kier alpha value is -3.49. The van der Waals surface area contributed by atoms with Crippen molar-refractivity contribution in [2.24, 2.45) is 5.10 Å². The van der Waals surface area contributed by atoms with Gasteiger partial charge in [0.05, 0.1) is 10.7 Å². The molecule has 3 rings (SSSR count). The van der Waals surface area contributed by atoms with Crippen LogP contribution in [0.5, 0.6) is 0 Å². The average Bonchev–Trinajstić information content (AvgIpc) is 2.80. The normalized spacial score (nSPS) is 12.9. The van der Waals surface area contributed by atoms with Crippen LogP contribution in [0.4, 0.5) is 0 Å². The molecule has 1 heterocycles. The Morgan fingerprint density at radius 2 is 1.85 bits per heavy atom. The first kappa shape index (κ1) is 11.6. The smallest absolute Gasteiger partial charge is 0.180 e. The molecule has 0 N–H and O–H groups in total. The number of fused-ring (bicyclic) bond motifs is 3. The topological polar surface area (TPSA) is 77.2 Å². The quantitative estimate of drug-likeness (QED) is 0.457. The Labute approximate surface area is 114 Å². The first-order valence-corrected chi connectivity index (χ1v) is 5.70. The molecule has 90 valence electrons. The molecule has 0 bridgehead atoms. The lowest BCUT2D eigenvalue weighted by Gasteiger charge is -2.00. The summed E-state index contributed by atoms with van der Waals surface area (Å²) < 4.78 is 0. The van der Waals surface area contributed by atoms with Crippen LogP contribution < -0.4 is 0 Å². The van der Waals surface area contributed by atoms with Gasteiger partial charge in [0, 0.05) is 11.1 Å². The molecule has 1 aromatic carbocycles. The van der Waals surface area contributed by atoms with Crippen LogP contribution in [0, 0.1) is 29.2 Å². The lowest BCUT2D eigenvalue weighted by atomic mass is 10.1. The van der Waals surface area contributed by atoms with E-state index in [0.29, 0.717) is 11.4 Å². The minimum Gasteiger partial charge on any atom is -0.233 e. The molecular formula is C15H5N5. The number of hydrogen-bond acceptors (Lipinski definition) is 4. The maximum Gasteiger partial charge on any atom is 0.180 e. The van der Waals surface area contributed by atoms with Crippen LogP contribution in [0.15, 0.2) is 35.4 Å². The zero-order chi connectivity index (χ0) is 14.1. The summed E-state index contributed by atoms with van der Waals surface area (Å²) in [6.07, 6.45) is 0. The van der Waals surface area contributed by atoms with Gasteiger partial charge in [-0.3, -0.25) is 0 Å². The molecule has 1 aliphatic carbocycles. The van der Waals surface area contributed by atoms with Gasteiger partial charge in [0.1, 0.15) is 17.8 Å². The van der Waals surface area contributed by atoms with Crippen LogP contribution in [-0.2, 0) is 0 Å². The molecule has 0 unspecified atom stereocenters. The predicted molar refractivity (Wildman–Crippen MR) is 71.3 cm³/mol. The fourth-order valence-electron chi connectivity index (χ4n) is 2.27. The summed E-state index contributed by atoms with van der Waals surface area (Å²) in [5, 5.41) is 21.9. The van der Waals surface area contributed by atoms with E-state index in [9.17, 15) is 0 Å². The van der Waals surface area contributed by atoms with E-state index in [1.807, 2.05) is 36.4 Å². The Bertz CT molecular complexity index is 888. The van der Waals surface area contributed by atoms with Crippen molar-refractivity contribution in [2.45, 2.75) is 0 Å². The molecule has 0 aliphatic heterocycles. The van der Waals surface area contributed by atoms with Crippen molar-refractivity contribution >= 4 is 5.71 Å². The number of rotatable bonds is 0. The number of aromatic nitrogens is 1. The SMILES string of the molecule is [C-]#[N+]N=C1c2ccccc2-c2cc(C#N)c(C#N)nc21. The highest BCUT2D eigenvalue weighted by Crippen LogP contribution is 2.36. The van der Waals surface area contributed by atoms with Crippen molar-refractivity contribution in [3.05, 3.63) is 64.4 Å². The largest absolute Gasteiger partial charge is 0.233 e. The van der Waals surface area contributed by atoms with Gasteiger partial charge < -0.3 is 0 Å². The van der Waals surface area contributed by atoms with Crippen molar-refractivity contribution in [3.63, 3.8) is 0 Å². The van der Waals surface area contributed by atoms with Crippen LogP contribution in [0.2, 0.25) is 0 Å². The molecule has 5 nitrogen and oxygen atoms in total. The Balaban J connectivity index is 2.41. The van der Waals surface area contributed by atoms with Crippen LogP contribution in [0.3, 0.4) is 0 Å². The molecule has 1 aliphatic rings. The second-order valence-electron chi connectivity index (χ2n) is 4.10. The number of hydrogen-bond donors (Lipinski definition) is 0. The summed E-state index contributed by atoms with van der Waals surface area (Å²) in [5.41, 5.74) is 3.62. The minimum absolute atomic E-state index is 0.0525. The highest BCUT2D eigenvalue weighted by Gasteiger charge is 2.29. The predicted octanol–water partition coefficient (Wildman–Crippen LogP) is 2.48. The molecule has 1 aromatic heterocycles. The molecule has 0 amide bonds. The maximum absolute atomic E-state index is 9.08. The molecule has 0 spiro atoms. The molecule has 2 aromatic rings. The van der Waals surface area contributed by atoms with E-state index >= 15 is 0 Å². The molecule has 0 radical (unpaired) electrons. The zero-order valence-corrected chi connectivity index (χ0v) is 10.1.